The summed E-state index contributed by atoms with van der Waals surface area (Å²) in [6.45, 7) is 6.43. The molecule has 0 aliphatic carbocycles. The third kappa shape index (κ3) is 45.9. The minimum atomic E-state index is -0.779. The van der Waals surface area contributed by atoms with Gasteiger partial charge in [-0.2, -0.15) is 0 Å². The van der Waals surface area contributed by atoms with Crippen LogP contribution in [0.2, 0.25) is 0 Å². The summed E-state index contributed by atoms with van der Waals surface area (Å²) >= 11 is 0. The van der Waals surface area contributed by atoms with Gasteiger partial charge < -0.3 is 14.2 Å². The lowest BCUT2D eigenvalue weighted by Crippen LogP contribution is -2.30. The number of rotatable bonds is 44. The van der Waals surface area contributed by atoms with Gasteiger partial charge in [0, 0.05) is 19.3 Å². The lowest BCUT2D eigenvalue weighted by molar-refractivity contribution is -0.167. The van der Waals surface area contributed by atoms with Crippen molar-refractivity contribution in [2.24, 2.45) is 0 Å². The first kappa shape index (κ1) is 56.9. The Balaban J connectivity index is 4.24. The molecule has 0 radical (unpaired) electrons. The van der Waals surface area contributed by atoms with Crippen molar-refractivity contribution in [1.82, 2.24) is 0 Å². The maximum atomic E-state index is 12.7. The molecule has 0 aromatic carbocycles. The zero-order valence-corrected chi connectivity index (χ0v) is 39.2. The Bertz CT molecular complexity index is 1140. The van der Waals surface area contributed by atoms with Crippen LogP contribution < -0.4 is 0 Å². The molecule has 1 atom stereocenters. The maximum absolute atomic E-state index is 12.7. The first-order valence-corrected chi connectivity index (χ1v) is 24.9. The van der Waals surface area contributed by atoms with Gasteiger partial charge in [-0.25, -0.2) is 0 Å². The number of carbonyl (C=O) groups excluding carboxylic acids is 3. The predicted molar refractivity (Wildman–Crippen MR) is 256 cm³/mol. The van der Waals surface area contributed by atoms with Gasteiger partial charge in [-0.3, -0.25) is 14.4 Å². The number of hydrogen-bond acceptors (Lipinski definition) is 6. The van der Waals surface area contributed by atoms with Crippen molar-refractivity contribution in [3.8, 4) is 0 Å². The molecule has 0 aromatic heterocycles. The first-order valence-electron chi connectivity index (χ1n) is 24.9. The monoisotopic (exact) mass is 837 g/mol. The molecule has 0 saturated carbocycles. The zero-order chi connectivity index (χ0) is 43.7. The minimum absolute atomic E-state index is 0.0819. The SMILES string of the molecule is CC/C=C\C/C=C\C/C=C\C/C=C\C/C=C\CCCCCCCCCC(=O)OCC(COC(=O)CCCCCCCCC)OC(=O)CCCCCCC/C=C\CCCCC. The molecule has 0 saturated heterocycles. The van der Waals surface area contributed by atoms with Gasteiger partial charge in [0.25, 0.3) is 0 Å². The number of unbranched alkanes of at least 4 members (excludes halogenated alkanes) is 21. The standard InChI is InChI=1S/C54H92O6/c1-4-7-10-13-16-18-20-22-23-24-25-26-27-28-29-30-31-32-34-35-38-41-44-47-53(56)59-50-51(49-58-52(55)46-43-40-37-15-12-9-6-3)60-54(57)48-45-42-39-36-33-21-19-17-14-11-8-5-2/h7,10,16-19,22-23,25-26,28-29,51H,4-6,8-9,11-15,20-21,24,27,30-50H2,1-3H3/b10-7-,18-16-,19-17-,23-22-,26-25-,29-28-. The summed E-state index contributed by atoms with van der Waals surface area (Å²) in [6.07, 6.45) is 60.4. The van der Waals surface area contributed by atoms with E-state index in [4.69, 9.17) is 14.2 Å². The highest BCUT2D eigenvalue weighted by Gasteiger charge is 2.19. The summed E-state index contributed by atoms with van der Waals surface area (Å²) in [7, 11) is 0. The van der Waals surface area contributed by atoms with Crippen LogP contribution in [0.25, 0.3) is 0 Å². The van der Waals surface area contributed by atoms with Gasteiger partial charge in [-0.1, -0.05) is 196 Å². The van der Waals surface area contributed by atoms with Crippen LogP contribution in [0, 0.1) is 0 Å². The summed E-state index contributed by atoms with van der Waals surface area (Å²) < 4.78 is 16.7. The average Bonchev–Trinajstić information content (AvgIpc) is 3.24. The Morgan fingerprint density at radius 3 is 1.07 bits per heavy atom. The van der Waals surface area contributed by atoms with Crippen molar-refractivity contribution in [3.05, 3.63) is 72.9 Å². The van der Waals surface area contributed by atoms with E-state index in [0.29, 0.717) is 19.3 Å². The molecule has 0 spiro atoms. The Kier molecular flexibility index (Phi) is 46.0. The van der Waals surface area contributed by atoms with E-state index in [9.17, 15) is 14.4 Å². The number of ether oxygens (including phenoxy) is 3. The van der Waals surface area contributed by atoms with Gasteiger partial charge in [0.2, 0.25) is 0 Å². The normalized spacial score (nSPS) is 12.7. The van der Waals surface area contributed by atoms with E-state index in [0.717, 1.165) is 109 Å². The largest absolute Gasteiger partial charge is 0.462 e. The minimum Gasteiger partial charge on any atom is -0.462 e. The van der Waals surface area contributed by atoms with E-state index < -0.39 is 6.10 Å². The molecular formula is C54H92O6. The highest BCUT2D eigenvalue weighted by Crippen LogP contribution is 2.14. The van der Waals surface area contributed by atoms with Crippen molar-refractivity contribution in [1.29, 1.82) is 0 Å². The van der Waals surface area contributed by atoms with Crippen LogP contribution in [0.3, 0.4) is 0 Å². The second kappa shape index (κ2) is 48.5. The van der Waals surface area contributed by atoms with Gasteiger partial charge in [0.05, 0.1) is 0 Å². The zero-order valence-electron chi connectivity index (χ0n) is 39.2. The topological polar surface area (TPSA) is 78.9 Å². The van der Waals surface area contributed by atoms with Crippen LogP contribution in [0.5, 0.6) is 0 Å². The van der Waals surface area contributed by atoms with Crippen molar-refractivity contribution in [2.45, 2.75) is 239 Å². The number of esters is 3. The van der Waals surface area contributed by atoms with Gasteiger partial charge in [-0.15, -0.1) is 0 Å². The lowest BCUT2D eigenvalue weighted by Gasteiger charge is -2.18. The third-order valence-corrected chi connectivity index (χ3v) is 10.4. The molecule has 0 bridgehead atoms. The summed E-state index contributed by atoms with van der Waals surface area (Å²) in [5, 5.41) is 0. The fraction of sp³-hybridized carbons (Fsp3) is 0.722. The quantitative estimate of drug-likeness (QED) is 0.0263. The highest BCUT2D eigenvalue weighted by molar-refractivity contribution is 5.71. The second-order valence-corrected chi connectivity index (χ2v) is 16.3. The van der Waals surface area contributed by atoms with Crippen LogP contribution in [-0.2, 0) is 28.6 Å². The maximum Gasteiger partial charge on any atom is 0.306 e. The summed E-state index contributed by atoms with van der Waals surface area (Å²) in [6, 6.07) is 0. The van der Waals surface area contributed by atoms with Crippen molar-refractivity contribution in [3.63, 3.8) is 0 Å². The lowest BCUT2D eigenvalue weighted by atomic mass is 10.1. The third-order valence-electron chi connectivity index (χ3n) is 10.4. The molecule has 0 amide bonds. The Labute approximate surface area is 370 Å². The van der Waals surface area contributed by atoms with Gasteiger partial charge in [0.1, 0.15) is 13.2 Å². The molecule has 0 aromatic rings. The van der Waals surface area contributed by atoms with Gasteiger partial charge in [-0.05, 0) is 89.9 Å². The fourth-order valence-electron chi connectivity index (χ4n) is 6.70. The molecule has 1 unspecified atom stereocenters. The smallest absolute Gasteiger partial charge is 0.306 e. The molecule has 6 nitrogen and oxygen atoms in total. The van der Waals surface area contributed by atoms with Gasteiger partial charge >= 0.3 is 17.9 Å². The van der Waals surface area contributed by atoms with Crippen LogP contribution in [-0.4, -0.2) is 37.2 Å². The van der Waals surface area contributed by atoms with E-state index in [-0.39, 0.29) is 31.1 Å². The summed E-state index contributed by atoms with van der Waals surface area (Å²) in [5.41, 5.74) is 0. The second-order valence-electron chi connectivity index (χ2n) is 16.3. The molecule has 0 heterocycles. The molecule has 0 aliphatic rings. The van der Waals surface area contributed by atoms with Crippen LogP contribution in [0.1, 0.15) is 233 Å². The van der Waals surface area contributed by atoms with Crippen molar-refractivity contribution < 1.29 is 28.6 Å². The van der Waals surface area contributed by atoms with Crippen LogP contribution in [0.4, 0.5) is 0 Å². The molecule has 0 fully saturated rings. The summed E-state index contributed by atoms with van der Waals surface area (Å²) in [5.74, 6) is -0.911. The Morgan fingerprint density at radius 2 is 0.650 bits per heavy atom. The van der Waals surface area contributed by atoms with E-state index in [2.05, 4.69) is 93.7 Å². The molecule has 6 heteroatoms. The van der Waals surface area contributed by atoms with Gasteiger partial charge in [0.15, 0.2) is 6.10 Å². The highest BCUT2D eigenvalue weighted by atomic mass is 16.6. The first-order chi connectivity index (χ1) is 29.5. The average molecular weight is 837 g/mol. The van der Waals surface area contributed by atoms with E-state index in [1.165, 1.54) is 83.5 Å². The molecule has 344 valence electrons. The molecular weight excluding hydrogens is 745 g/mol. The molecule has 0 aliphatic heterocycles. The summed E-state index contributed by atoms with van der Waals surface area (Å²) in [4.78, 5) is 37.7. The van der Waals surface area contributed by atoms with Crippen LogP contribution >= 0.6 is 0 Å². The van der Waals surface area contributed by atoms with E-state index in [1.54, 1.807) is 0 Å². The van der Waals surface area contributed by atoms with Crippen LogP contribution in [0.15, 0.2) is 72.9 Å². The van der Waals surface area contributed by atoms with Crippen molar-refractivity contribution >= 4 is 17.9 Å². The molecule has 60 heavy (non-hydrogen) atoms. The Hall–Kier alpha value is -3.15. The molecule has 0 N–H and O–H groups in total. The van der Waals surface area contributed by atoms with Crippen molar-refractivity contribution in [2.75, 3.05) is 13.2 Å². The predicted octanol–water partition coefficient (Wildman–Crippen LogP) is 16.3. The van der Waals surface area contributed by atoms with E-state index in [1.807, 2.05) is 0 Å². The number of allylic oxidation sites excluding steroid dienone is 12. The fourth-order valence-corrected chi connectivity index (χ4v) is 6.70. The Morgan fingerprint density at radius 1 is 0.350 bits per heavy atom. The number of hydrogen-bond donors (Lipinski definition) is 0. The number of carbonyl (C=O) groups is 3. The molecule has 0 rings (SSSR count). The van der Waals surface area contributed by atoms with E-state index >= 15 is 0 Å².